The van der Waals surface area contributed by atoms with Crippen LogP contribution in [0.15, 0.2) is 0 Å². The molecule has 0 saturated carbocycles. The lowest BCUT2D eigenvalue weighted by atomic mass is 10.0. The Labute approximate surface area is 338 Å². The predicted molar refractivity (Wildman–Crippen MR) is 233 cm³/mol. The molecule has 0 rings (SSSR count). The van der Waals surface area contributed by atoms with Crippen LogP contribution in [0.4, 0.5) is 0 Å². The summed E-state index contributed by atoms with van der Waals surface area (Å²) in [5, 5.41) is 0. The van der Waals surface area contributed by atoms with Gasteiger partial charge < -0.3 is 14.2 Å². The molecule has 0 saturated heterocycles. The van der Waals surface area contributed by atoms with E-state index in [1.165, 1.54) is 212 Å². The van der Waals surface area contributed by atoms with Gasteiger partial charge >= 0.3 is 11.9 Å². The third-order valence-electron chi connectivity index (χ3n) is 11.1. The molecule has 0 N–H and O–H groups in total. The number of carbonyl (C=O) groups excluding carboxylic acids is 2. The smallest absolute Gasteiger partial charge is 0.306 e. The highest BCUT2D eigenvalue weighted by Gasteiger charge is 2.17. The fraction of sp³-hybridized carbons (Fsp3) is 0.959. The van der Waals surface area contributed by atoms with Gasteiger partial charge in [-0.15, -0.1) is 0 Å². The van der Waals surface area contributed by atoms with Crippen LogP contribution in [-0.4, -0.2) is 37.9 Å². The highest BCUT2D eigenvalue weighted by atomic mass is 16.6. The summed E-state index contributed by atoms with van der Waals surface area (Å²) in [7, 11) is 0. The summed E-state index contributed by atoms with van der Waals surface area (Å²) < 4.78 is 17.4. The Morgan fingerprint density at radius 2 is 0.611 bits per heavy atom. The van der Waals surface area contributed by atoms with Crippen LogP contribution in [0, 0.1) is 0 Å². The molecule has 0 radical (unpaired) electrons. The van der Waals surface area contributed by atoms with Crippen LogP contribution in [0.2, 0.25) is 0 Å². The van der Waals surface area contributed by atoms with Crippen molar-refractivity contribution in [3.05, 3.63) is 0 Å². The number of carbonyl (C=O) groups is 2. The summed E-state index contributed by atoms with van der Waals surface area (Å²) in [4.78, 5) is 25.3. The molecule has 0 bridgehead atoms. The van der Waals surface area contributed by atoms with Crippen LogP contribution in [0.3, 0.4) is 0 Å². The van der Waals surface area contributed by atoms with Crippen LogP contribution < -0.4 is 0 Å². The first-order valence-electron chi connectivity index (χ1n) is 24.6. The number of rotatable bonds is 46. The predicted octanol–water partition coefficient (Wildman–Crippen LogP) is 16.1. The molecule has 0 aliphatic heterocycles. The lowest BCUT2D eigenvalue weighted by Gasteiger charge is -2.18. The van der Waals surface area contributed by atoms with Gasteiger partial charge in [-0.05, 0) is 19.3 Å². The van der Waals surface area contributed by atoms with Crippen LogP contribution in [0.25, 0.3) is 0 Å². The number of unbranched alkanes of at least 4 members (excludes halogenated alkanes) is 35. The van der Waals surface area contributed by atoms with Crippen molar-refractivity contribution >= 4 is 11.9 Å². The Morgan fingerprint density at radius 1 is 0.333 bits per heavy atom. The number of hydrogen-bond acceptors (Lipinski definition) is 5. The van der Waals surface area contributed by atoms with Crippen molar-refractivity contribution in [2.75, 3.05) is 19.8 Å². The first kappa shape index (κ1) is 52.9. The maximum Gasteiger partial charge on any atom is 0.306 e. The van der Waals surface area contributed by atoms with E-state index >= 15 is 0 Å². The van der Waals surface area contributed by atoms with Gasteiger partial charge in [0.15, 0.2) is 6.10 Å². The number of hydrogen-bond donors (Lipinski definition) is 0. The molecule has 54 heavy (non-hydrogen) atoms. The second kappa shape index (κ2) is 46.3. The monoisotopic (exact) mass is 765 g/mol. The third kappa shape index (κ3) is 43.6. The van der Waals surface area contributed by atoms with Gasteiger partial charge in [0.1, 0.15) is 6.61 Å². The summed E-state index contributed by atoms with van der Waals surface area (Å²) in [5.74, 6) is -0.374. The third-order valence-corrected chi connectivity index (χ3v) is 11.1. The molecule has 0 aromatic heterocycles. The van der Waals surface area contributed by atoms with Gasteiger partial charge in [-0.1, -0.05) is 245 Å². The van der Waals surface area contributed by atoms with Gasteiger partial charge in [0, 0.05) is 19.4 Å². The van der Waals surface area contributed by atoms with Crippen molar-refractivity contribution in [3.63, 3.8) is 0 Å². The van der Waals surface area contributed by atoms with Crippen molar-refractivity contribution < 1.29 is 23.8 Å². The van der Waals surface area contributed by atoms with Gasteiger partial charge in [-0.25, -0.2) is 0 Å². The zero-order chi connectivity index (χ0) is 39.3. The molecule has 5 nitrogen and oxygen atoms in total. The van der Waals surface area contributed by atoms with E-state index in [4.69, 9.17) is 14.2 Å². The highest BCUT2D eigenvalue weighted by Crippen LogP contribution is 2.16. The summed E-state index contributed by atoms with van der Waals surface area (Å²) in [6.45, 7) is 7.88. The SMILES string of the molecule is CCCCCCCCCCCCCCCCCC(=O)OCC(COCCCCCCCCCCCC)OC(=O)CCCCCCCCCCCCCCC. The zero-order valence-corrected chi connectivity index (χ0v) is 37.0. The minimum atomic E-state index is -0.521. The van der Waals surface area contributed by atoms with E-state index in [1.807, 2.05) is 0 Å². The Balaban J connectivity index is 4.15. The normalized spacial score (nSPS) is 12.0. The molecule has 0 heterocycles. The largest absolute Gasteiger partial charge is 0.462 e. The molecule has 0 aliphatic carbocycles. The molecule has 0 spiro atoms. The van der Waals surface area contributed by atoms with E-state index in [0.717, 1.165) is 32.1 Å². The summed E-state index contributed by atoms with van der Waals surface area (Å²) in [5.41, 5.74) is 0. The van der Waals surface area contributed by atoms with Crippen molar-refractivity contribution in [1.29, 1.82) is 0 Å². The molecule has 0 aromatic carbocycles. The summed E-state index contributed by atoms with van der Waals surface area (Å²) >= 11 is 0. The lowest BCUT2D eigenvalue weighted by molar-refractivity contribution is -0.163. The van der Waals surface area contributed by atoms with Gasteiger partial charge in [0.25, 0.3) is 0 Å². The van der Waals surface area contributed by atoms with Crippen LogP contribution in [0.5, 0.6) is 0 Å². The quantitative estimate of drug-likeness (QED) is 0.0456. The maximum absolute atomic E-state index is 12.7. The van der Waals surface area contributed by atoms with Gasteiger partial charge in [-0.2, -0.15) is 0 Å². The molecular formula is C49H96O5. The molecule has 0 amide bonds. The van der Waals surface area contributed by atoms with Crippen molar-refractivity contribution in [2.24, 2.45) is 0 Å². The lowest BCUT2D eigenvalue weighted by Crippen LogP contribution is -2.30. The number of ether oxygens (including phenoxy) is 3. The van der Waals surface area contributed by atoms with Gasteiger partial charge in [0.2, 0.25) is 0 Å². The molecular weight excluding hydrogens is 669 g/mol. The van der Waals surface area contributed by atoms with E-state index in [9.17, 15) is 9.59 Å². The molecule has 0 aromatic rings. The zero-order valence-electron chi connectivity index (χ0n) is 37.0. The molecule has 1 unspecified atom stereocenters. The van der Waals surface area contributed by atoms with Crippen LogP contribution >= 0.6 is 0 Å². The van der Waals surface area contributed by atoms with Gasteiger partial charge in [0.05, 0.1) is 6.61 Å². The van der Waals surface area contributed by atoms with Crippen molar-refractivity contribution in [1.82, 2.24) is 0 Å². The van der Waals surface area contributed by atoms with Crippen LogP contribution in [0.1, 0.15) is 278 Å². The van der Waals surface area contributed by atoms with Crippen molar-refractivity contribution in [3.8, 4) is 0 Å². The van der Waals surface area contributed by atoms with E-state index in [-0.39, 0.29) is 18.5 Å². The fourth-order valence-corrected chi connectivity index (χ4v) is 7.45. The average Bonchev–Trinajstić information content (AvgIpc) is 3.17. The second-order valence-corrected chi connectivity index (χ2v) is 16.7. The first-order chi connectivity index (χ1) is 26.6. The molecule has 1 atom stereocenters. The minimum Gasteiger partial charge on any atom is -0.462 e. The molecule has 322 valence electrons. The summed E-state index contributed by atoms with van der Waals surface area (Å²) in [6, 6.07) is 0. The Bertz CT molecular complexity index is 740. The van der Waals surface area contributed by atoms with E-state index in [0.29, 0.717) is 26.1 Å². The van der Waals surface area contributed by atoms with E-state index < -0.39 is 6.10 Å². The average molecular weight is 765 g/mol. The number of esters is 2. The Morgan fingerprint density at radius 3 is 0.944 bits per heavy atom. The maximum atomic E-state index is 12.7. The van der Waals surface area contributed by atoms with Crippen LogP contribution in [-0.2, 0) is 23.8 Å². The highest BCUT2D eigenvalue weighted by molar-refractivity contribution is 5.70. The minimum absolute atomic E-state index is 0.0972. The summed E-state index contributed by atoms with van der Waals surface area (Å²) in [6.07, 6.45) is 49.5. The Kier molecular flexibility index (Phi) is 45.3. The van der Waals surface area contributed by atoms with Gasteiger partial charge in [-0.3, -0.25) is 9.59 Å². The van der Waals surface area contributed by atoms with E-state index in [2.05, 4.69) is 20.8 Å². The topological polar surface area (TPSA) is 61.8 Å². The molecule has 5 heteroatoms. The standard InChI is InChI=1S/C49H96O5/c1-4-7-10-13-16-19-22-24-25-27-28-30-33-36-39-42-48(50)53-46-47(45-52-44-41-38-35-32-21-18-15-12-9-6-3)54-49(51)43-40-37-34-31-29-26-23-20-17-14-11-8-5-2/h47H,4-46H2,1-3H3. The molecule has 0 aliphatic rings. The van der Waals surface area contributed by atoms with Crippen molar-refractivity contribution in [2.45, 2.75) is 284 Å². The fourth-order valence-electron chi connectivity index (χ4n) is 7.45. The second-order valence-electron chi connectivity index (χ2n) is 16.7. The van der Waals surface area contributed by atoms with E-state index in [1.54, 1.807) is 0 Å². The molecule has 0 fully saturated rings. The Hall–Kier alpha value is -1.10. The first-order valence-corrected chi connectivity index (χ1v) is 24.6.